The van der Waals surface area contributed by atoms with E-state index in [0.717, 1.165) is 12.5 Å². The fourth-order valence-electron chi connectivity index (χ4n) is 3.49. The lowest BCUT2D eigenvalue weighted by Gasteiger charge is -2.36. The summed E-state index contributed by atoms with van der Waals surface area (Å²) in [6.07, 6.45) is 6.51. The lowest BCUT2D eigenvalue weighted by atomic mass is 9.92. The van der Waals surface area contributed by atoms with Crippen molar-refractivity contribution in [2.75, 3.05) is 40.3 Å². The lowest BCUT2D eigenvalue weighted by molar-refractivity contribution is 0.161. The summed E-state index contributed by atoms with van der Waals surface area (Å²) in [5.74, 6) is 0.830. The topological polar surface area (TPSA) is 18.5 Å². The molecule has 1 aliphatic rings. The van der Waals surface area contributed by atoms with E-state index in [9.17, 15) is 0 Å². The molecular formula is C17H37N3. The third kappa shape index (κ3) is 6.11. The normalized spacial score (nSPS) is 25.4. The molecule has 1 heterocycles. The van der Waals surface area contributed by atoms with Crippen LogP contribution in [0.15, 0.2) is 0 Å². The zero-order valence-electron chi connectivity index (χ0n) is 14.5. The van der Waals surface area contributed by atoms with E-state index in [1.807, 2.05) is 0 Å². The van der Waals surface area contributed by atoms with E-state index in [-0.39, 0.29) is 0 Å². The Bertz CT molecular complexity index is 244. The van der Waals surface area contributed by atoms with Gasteiger partial charge in [0.1, 0.15) is 0 Å². The molecule has 120 valence electrons. The van der Waals surface area contributed by atoms with E-state index in [1.54, 1.807) is 0 Å². The highest BCUT2D eigenvalue weighted by Gasteiger charge is 2.28. The summed E-state index contributed by atoms with van der Waals surface area (Å²) in [5.41, 5.74) is 0. The summed E-state index contributed by atoms with van der Waals surface area (Å²) in [6, 6.07) is 1.30. The average molecular weight is 284 g/mol. The zero-order valence-corrected chi connectivity index (χ0v) is 14.5. The molecule has 1 fully saturated rings. The number of hydrogen-bond acceptors (Lipinski definition) is 3. The van der Waals surface area contributed by atoms with Gasteiger partial charge in [-0.25, -0.2) is 0 Å². The summed E-state index contributed by atoms with van der Waals surface area (Å²) < 4.78 is 0. The minimum atomic E-state index is 0.641. The van der Waals surface area contributed by atoms with Gasteiger partial charge in [-0.05, 0) is 58.9 Å². The van der Waals surface area contributed by atoms with Crippen molar-refractivity contribution in [3.63, 3.8) is 0 Å². The minimum absolute atomic E-state index is 0.641. The van der Waals surface area contributed by atoms with Crippen LogP contribution in [-0.4, -0.2) is 62.2 Å². The van der Waals surface area contributed by atoms with E-state index >= 15 is 0 Å². The van der Waals surface area contributed by atoms with E-state index in [1.165, 1.54) is 51.7 Å². The molecule has 0 aliphatic carbocycles. The van der Waals surface area contributed by atoms with Crippen LogP contribution >= 0.6 is 0 Å². The Labute approximate surface area is 127 Å². The van der Waals surface area contributed by atoms with Crippen molar-refractivity contribution in [2.24, 2.45) is 5.92 Å². The van der Waals surface area contributed by atoms with Crippen LogP contribution in [0.1, 0.15) is 52.9 Å². The predicted octanol–water partition coefficient (Wildman–Crippen LogP) is 2.82. The van der Waals surface area contributed by atoms with E-state index in [0.29, 0.717) is 12.1 Å². The first kappa shape index (κ1) is 17.9. The van der Waals surface area contributed by atoms with Gasteiger partial charge in [-0.15, -0.1) is 0 Å². The van der Waals surface area contributed by atoms with E-state index < -0.39 is 0 Å². The largest absolute Gasteiger partial charge is 0.312 e. The van der Waals surface area contributed by atoms with Crippen LogP contribution in [-0.2, 0) is 0 Å². The fraction of sp³-hybridized carbons (Fsp3) is 1.00. The van der Waals surface area contributed by atoms with Crippen molar-refractivity contribution >= 4 is 0 Å². The molecular weight excluding hydrogens is 246 g/mol. The maximum absolute atomic E-state index is 3.84. The van der Waals surface area contributed by atoms with Crippen LogP contribution in [0.3, 0.4) is 0 Å². The SMILES string of the molecule is CCCNC(CC(C)CCC)C1CN(C)CCCN1C. The second kappa shape index (κ2) is 9.75. The molecule has 3 atom stereocenters. The second-order valence-corrected chi connectivity index (χ2v) is 6.85. The first-order valence-corrected chi connectivity index (χ1v) is 8.70. The first-order valence-electron chi connectivity index (χ1n) is 8.70. The number of rotatable bonds is 8. The quantitative estimate of drug-likeness (QED) is 0.739. The van der Waals surface area contributed by atoms with Crippen LogP contribution in [0.4, 0.5) is 0 Å². The summed E-state index contributed by atoms with van der Waals surface area (Å²) in [7, 11) is 4.59. The maximum atomic E-state index is 3.84. The third-order valence-corrected chi connectivity index (χ3v) is 4.67. The van der Waals surface area contributed by atoms with Crippen molar-refractivity contribution in [3.8, 4) is 0 Å². The summed E-state index contributed by atoms with van der Waals surface area (Å²) >= 11 is 0. The molecule has 20 heavy (non-hydrogen) atoms. The standard InChI is InChI=1S/C17H37N3/c1-6-9-15(3)13-16(18-10-7-2)17-14-19(4)11-8-12-20(17)5/h15-18H,6-14H2,1-5H3. The minimum Gasteiger partial charge on any atom is -0.312 e. The average Bonchev–Trinajstić information content (AvgIpc) is 2.56. The molecule has 3 nitrogen and oxygen atoms in total. The van der Waals surface area contributed by atoms with Crippen molar-refractivity contribution in [3.05, 3.63) is 0 Å². The van der Waals surface area contributed by atoms with Crippen molar-refractivity contribution < 1.29 is 0 Å². The highest BCUT2D eigenvalue weighted by atomic mass is 15.2. The molecule has 0 saturated carbocycles. The van der Waals surface area contributed by atoms with Gasteiger partial charge >= 0.3 is 0 Å². The lowest BCUT2D eigenvalue weighted by Crippen LogP contribution is -2.53. The van der Waals surface area contributed by atoms with Gasteiger partial charge in [-0.2, -0.15) is 0 Å². The molecule has 1 rings (SSSR count). The molecule has 0 spiro atoms. The number of nitrogens with zero attached hydrogens (tertiary/aromatic N) is 2. The summed E-state index contributed by atoms with van der Waals surface area (Å²) in [6.45, 7) is 11.8. The molecule has 0 amide bonds. The van der Waals surface area contributed by atoms with E-state index in [4.69, 9.17) is 0 Å². The summed E-state index contributed by atoms with van der Waals surface area (Å²) in [4.78, 5) is 5.11. The maximum Gasteiger partial charge on any atom is 0.0373 e. The second-order valence-electron chi connectivity index (χ2n) is 6.85. The highest BCUT2D eigenvalue weighted by Crippen LogP contribution is 2.19. The molecule has 0 bridgehead atoms. The Hall–Kier alpha value is -0.120. The Kier molecular flexibility index (Phi) is 8.74. The van der Waals surface area contributed by atoms with Crippen molar-refractivity contribution in [2.45, 2.75) is 65.0 Å². The Morgan fingerprint density at radius 3 is 2.55 bits per heavy atom. The van der Waals surface area contributed by atoms with Gasteiger partial charge in [0.15, 0.2) is 0 Å². The van der Waals surface area contributed by atoms with Crippen molar-refractivity contribution in [1.82, 2.24) is 15.1 Å². The van der Waals surface area contributed by atoms with Gasteiger partial charge in [-0.1, -0.05) is 33.6 Å². The zero-order chi connectivity index (χ0) is 15.0. The van der Waals surface area contributed by atoms with Gasteiger partial charge < -0.3 is 15.1 Å². The number of likely N-dealkylation sites (N-methyl/N-ethyl adjacent to an activating group) is 2. The molecule has 3 heteroatoms. The third-order valence-electron chi connectivity index (χ3n) is 4.67. The fourth-order valence-corrected chi connectivity index (χ4v) is 3.49. The van der Waals surface area contributed by atoms with Gasteiger partial charge in [0, 0.05) is 18.6 Å². The number of nitrogens with one attached hydrogen (secondary N) is 1. The summed E-state index contributed by atoms with van der Waals surface area (Å²) in [5, 5.41) is 3.84. The van der Waals surface area contributed by atoms with Crippen LogP contribution in [0, 0.1) is 5.92 Å². The van der Waals surface area contributed by atoms with Crippen LogP contribution < -0.4 is 5.32 Å². The van der Waals surface area contributed by atoms with Gasteiger partial charge in [-0.3, -0.25) is 0 Å². The van der Waals surface area contributed by atoms with Gasteiger partial charge in [0.25, 0.3) is 0 Å². The van der Waals surface area contributed by atoms with Crippen LogP contribution in [0.5, 0.6) is 0 Å². The molecule has 3 unspecified atom stereocenters. The first-order chi connectivity index (χ1) is 9.58. The smallest absolute Gasteiger partial charge is 0.0373 e. The van der Waals surface area contributed by atoms with Crippen LogP contribution in [0.25, 0.3) is 0 Å². The van der Waals surface area contributed by atoms with Gasteiger partial charge in [0.2, 0.25) is 0 Å². The monoisotopic (exact) mass is 283 g/mol. The molecule has 1 saturated heterocycles. The van der Waals surface area contributed by atoms with Crippen molar-refractivity contribution in [1.29, 1.82) is 0 Å². The molecule has 0 aromatic rings. The molecule has 0 aromatic carbocycles. The Morgan fingerprint density at radius 2 is 1.90 bits per heavy atom. The molecule has 0 radical (unpaired) electrons. The van der Waals surface area contributed by atoms with Crippen LogP contribution in [0.2, 0.25) is 0 Å². The van der Waals surface area contributed by atoms with Gasteiger partial charge in [0.05, 0.1) is 0 Å². The van der Waals surface area contributed by atoms with E-state index in [2.05, 4.69) is 50.0 Å². The Balaban J connectivity index is 2.67. The molecule has 0 aromatic heterocycles. The highest BCUT2D eigenvalue weighted by molar-refractivity contribution is 4.88. The number of hydrogen-bond donors (Lipinski definition) is 1. The molecule has 1 aliphatic heterocycles. The Morgan fingerprint density at radius 1 is 1.15 bits per heavy atom. The predicted molar refractivity (Wildman–Crippen MR) is 89.3 cm³/mol. The molecule has 1 N–H and O–H groups in total.